The lowest BCUT2D eigenvalue weighted by molar-refractivity contribution is 0.524. The van der Waals surface area contributed by atoms with Crippen LogP contribution in [0.15, 0.2) is 12.1 Å². The van der Waals surface area contributed by atoms with Crippen LogP contribution in [0.2, 0.25) is 5.02 Å². The van der Waals surface area contributed by atoms with Crippen LogP contribution >= 0.6 is 22.9 Å². The highest BCUT2D eigenvalue weighted by Crippen LogP contribution is 2.29. The van der Waals surface area contributed by atoms with Gasteiger partial charge in [-0.15, -0.1) is 11.3 Å². The predicted molar refractivity (Wildman–Crippen MR) is 73.0 cm³/mol. The molecule has 0 aliphatic rings. The molecule has 2 heterocycles. The van der Waals surface area contributed by atoms with Crippen LogP contribution in [0.5, 0.6) is 0 Å². The molecule has 0 aromatic carbocycles. The lowest BCUT2D eigenvalue weighted by atomic mass is 10.2. The summed E-state index contributed by atoms with van der Waals surface area (Å²) in [5, 5.41) is 5.21. The molecule has 5 heteroatoms. The normalized spacial score (nSPS) is 13.0. The molecule has 92 valence electrons. The molecule has 0 radical (unpaired) electrons. The van der Waals surface area contributed by atoms with Gasteiger partial charge in [0.2, 0.25) is 0 Å². The number of aryl methyl sites for hydroxylation is 2. The minimum Gasteiger partial charge on any atom is -0.328 e. The summed E-state index contributed by atoms with van der Waals surface area (Å²) in [6.07, 6.45) is 0. The molecule has 0 spiro atoms. The Balaban J connectivity index is 2.45. The maximum absolute atomic E-state index is 6.17. The van der Waals surface area contributed by atoms with Crippen molar-refractivity contribution in [2.45, 2.75) is 26.8 Å². The zero-order valence-corrected chi connectivity index (χ0v) is 11.8. The Bertz CT molecular complexity index is 530. The molecule has 1 unspecified atom stereocenters. The molecular weight excluding hydrogens is 254 g/mol. The number of rotatable bonds is 3. The number of hydrogen-bond acceptors (Lipinski definition) is 3. The standard InChI is InChI=1S/C12H16ClN3S/c1-7-4-5-11(17-7)10(6-14)16-9(3)12(13)8(2)15-16/h4-5,10H,6,14H2,1-3H3. The Labute approximate surface area is 110 Å². The highest BCUT2D eigenvalue weighted by atomic mass is 35.5. The number of nitrogens with two attached hydrogens (primary N) is 1. The summed E-state index contributed by atoms with van der Waals surface area (Å²) in [7, 11) is 0. The Morgan fingerprint density at radius 1 is 1.41 bits per heavy atom. The van der Waals surface area contributed by atoms with Gasteiger partial charge < -0.3 is 5.73 Å². The summed E-state index contributed by atoms with van der Waals surface area (Å²) in [4.78, 5) is 2.51. The van der Waals surface area contributed by atoms with Gasteiger partial charge in [-0.2, -0.15) is 5.10 Å². The van der Waals surface area contributed by atoms with Crippen molar-refractivity contribution in [2.24, 2.45) is 5.73 Å². The van der Waals surface area contributed by atoms with Crippen molar-refractivity contribution in [3.05, 3.63) is 38.3 Å². The van der Waals surface area contributed by atoms with Gasteiger partial charge >= 0.3 is 0 Å². The van der Waals surface area contributed by atoms with Gasteiger partial charge in [0.05, 0.1) is 22.5 Å². The van der Waals surface area contributed by atoms with E-state index < -0.39 is 0 Å². The van der Waals surface area contributed by atoms with E-state index in [1.54, 1.807) is 11.3 Å². The van der Waals surface area contributed by atoms with Crippen LogP contribution in [0.4, 0.5) is 0 Å². The average molecular weight is 270 g/mol. The lowest BCUT2D eigenvalue weighted by Gasteiger charge is -2.15. The van der Waals surface area contributed by atoms with Gasteiger partial charge in [-0.3, -0.25) is 4.68 Å². The fourth-order valence-electron chi connectivity index (χ4n) is 1.92. The molecule has 2 rings (SSSR count). The van der Waals surface area contributed by atoms with E-state index in [1.165, 1.54) is 9.75 Å². The molecule has 2 N–H and O–H groups in total. The van der Waals surface area contributed by atoms with Crippen molar-refractivity contribution in [2.75, 3.05) is 6.54 Å². The van der Waals surface area contributed by atoms with E-state index in [-0.39, 0.29) is 6.04 Å². The van der Waals surface area contributed by atoms with Crippen LogP contribution in [-0.2, 0) is 0 Å². The summed E-state index contributed by atoms with van der Waals surface area (Å²) < 4.78 is 1.93. The first-order valence-corrected chi connectivity index (χ1v) is 6.71. The molecule has 0 aliphatic carbocycles. The SMILES string of the molecule is Cc1ccc(C(CN)n2nc(C)c(Cl)c2C)s1. The van der Waals surface area contributed by atoms with Crippen LogP contribution < -0.4 is 5.73 Å². The Morgan fingerprint density at radius 3 is 2.53 bits per heavy atom. The van der Waals surface area contributed by atoms with Crippen molar-refractivity contribution in [3.8, 4) is 0 Å². The molecule has 0 saturated heterocycles. The molecule has 0 saturated carbocycles. The second kappa shape index (κ2) is 4.80. The minimum absolute atomic E-state index is 0.0832. The van der Waals surface area contributed by atoms with Gasteiger partial charge in [0.15, 0.2) is 0 Å². The van der Waals surface area contributed by atoms with E-state index in [9.17, 15) is 0 Å². The van der Waals surface area contributed by atoms with Gasteiger partial charge in [-0.25, -0.2) is 0 Å². The van der Waals surface area contributed by atoms with Crippen molar-refractivity contribution in [1.29, 1.82) is 0 Å². The first-order valence-electron chi connectivity index (χ1n) is 5.52. The number of thiophene rings is 1. The van der Waals surface area contributed by atoms with Crippen molar-refractivity contribution < 1.29 is 0 Å². The predicted octanol–water partition coefficient (Wildman–Crippen LogP) is 3.07. The fourth-order valence-corrected chi connectivity index (χ4v) is 3.02. The first kappa shape index (κ1) is 12.6. The maximum Gasteiger partial charge on any atom is 0.0986 e. The number of halogens is 1. The Morgan fingerprint density at radius 2 is 2.12 bits per heavy atom. The van der Waals surface area contributed by atoms with Gasteiger partial charge in [-0.05, 0) is 32.9 Å². The summed E-state index contributed by atoms with van der Waals surface area (Å²) in [6.45, 7) is 6.51. The van der Waals surface area contributed by atoms with E-state index in [2.05, 4.69) is 24.2 Å². The van der Waals surface area contributed by atoms with Gasteiger partial charge in [0, 0.05) is 16.3 Å². The van der Waals surface area contributed by atoms with Gasteiger partial charge in [0.1, 0.15) is 0 Å². The third kappa shape index (κ3) is 2.25. The van der Waals surface area contributed by atoms with Crippen LogP contribution in [-0.4, -0.2) is 16.3 Å². The smallest absolute Gasteiger partial charge is 0.0986 e. The topological polar surface area (TPSA) is 43.8 Å². The average Bonchev–Trinajstić information content (AvgIpc) is 2.82. The van der Waals surface area contributed by atoms with E-state index in [1.807, 2.05) is 18.5 Å². The zero-order valence-electron chi connectivity index (χ0n) is 10.2. The quantitative estimate of drug-likeness (QED) is 0.931. The summed E-state index contributed by atoms with van der Waals surface area (Å²) in [5.41, 5.74) is 7.71. The molecule has 2 aromatic rings. The van der Waals surface area contributed by atoms with E-state index in [4.69, 9.17) is 17.3 Å². The van der Waals surface area contributed by atoms with Crippen LogP contribution in [0, 0.1) is 20.8 Å². The zero-order chi connectivity index (χ0) is 12.6. The summed E-state index contributed by atoms with van der Waals surface area (Å²) in [6, 6.07) is 4.30. The van der Waals surface area contributed by atoms with Crippen LogP contribution in [0.1, 0.15) is 27.2 Å². The monoisotopic (exact) mass is 269 g/mol. The Kier molecular flexibility index (Phi) is 3.56. The highest BCUT2D eigenvalue weighted by Gasteiger charge is 2.19. The summed E-state index contributed by atoms with van der Waals surface area (Å²) >= 11 is 7.93. The largest absolute Gasteiger partial charge is 0.328 e. The molecule has 1 atom stereocenters. The first-order chi connectivity index (χ1) is 8.04. The number of aromatic nitrogens is 2. The second-order valence-corrected chi connectivity index (χ2v) is 5.83. The third-order valence-corrected chi connectivity index (χ3v) is 4.49. The molecule has 17 heavy (non-hydrogen) atoms. The molecule has 0 fully saturated rings. The molecule has 0 amide bonds. The highest BCUT2D eigenvalue weighted by molar-refractivity contribution is 7.12. The lowest BCUT2D eigenvalue weighted by Crippen LogP contribution is -2.21. The Hall–Kier alpha value is -0.840. The van der Waals surface area contributed by atoms with E-state index in [0.29, 0.717) is 6.54 Å². The third-order valence-electron chi connectivity index (χ3n) is 2.84. The van der Waals surface area contributed by atoms with Crippen molar-refractivity contribution in [3.63, 3.8) is 0 Å². The number of hydrogen-bond donors (Lipinski definition) is 1. The van der Waals surface area contributed by atoms with E-state index >= 15 is 0 Å². The number of nitrogens with zero attached hydrogens (tertiary/aromatic N) is 2. The van der Waals surface area contributed by atoms with Crippen LogP contribution in [0.25, 0.3) is 0 Å². The van der Waals surface area contributed by atoms with Crippen LogP contribution in [0.3, 0.4) is 0 Å². The molecule has 0 bridgehead atoms. The van der Waals surface area contributed by atoms with E-state index in [0.717, 1.165) is 16.4 Å². The summed E-state index contributed by atoms with van der Waals surface area (Å²) in [5.74, 6) is 0. The molecule has 0 aliphatic heterocycles. The second-order valence-electron chi connectivity index (χ2n) is 4.13. The van der Waals surface area contributed by atoms with Gasteiger partial charge in [-0.1, -0.05) is 11.6 Å². The minimum atomic E-state index is 0.0832. The molecule has 2 aromatic heterocycles. The van der Waals surface area contributed by atoms with Crippen molar-refractivity contribution in [1.82, 2.24) is 9.78 Å². The van der Waals surface area contributed by atoms with Gasteiger partial charge in [0.25, 0.3) is 0 Å². The molecular formula is C12H16ClN3S. The molecule has 3 nitrogen and oxygen atoms in total. The maximum atomic E-state index is 6.17. The fraction of sp³-hybridized carbons (Fsp3) is 0.417. The van der Waals surface area contributed by atoms with Crippen molar-refractivity contribution >= 4 is 22.9 Å².